The molecule has 17 heavy (non-hydrogen) atoms. The van der Waals surface area contributed by atoms with Crippen LogP contribution >= 0.6 is 0 Å². The van der Waals surface area contributed by atoms with Crippen molar-refractivity contribution in [2.75, 3.05) is 6.61 Å². The molecule has 0 saturated heterocycles. The highest BCUT2D eigenvalue weighted by atomic mass is 16.7. The molecule has 0 aromatic heterocycles. The SMILES string of the molecule is C=C(C)C(=O)OC(Cc1ccccc1)OCC. The van der Waals surface area contributed by atoms with Crippen molar-refractivity contribution in [3.63, 3.8) is 0 Å². The fourth-order valence-electron chi connectivity index (χ4n) is 1.35. The zero-order valence-electron chi connectivity index (χ0n) is 10.3. The van der Waals surface area contributed by atoms with Crippen molar-refractivity contribution in [3.8, 4) is 0 Å². The van der Waals surface area contributed by atoms with E-state index in [2.05, 4.69) is 6.58 Å². The highest BCUT2D eigenvalue weighted by molar-refractivity contribution is 5.87. The molecule has 0 aliphatic carbocycles. The number of rotatable bonds is 6. The minimum atomic E-state index is -0.549. The Balaban J connectivity index is 2.60. The third-order valence-corrected chi connectivity index (χ3v) is 2.18. The van der Waals surface area contributed by atoms with E-state index < -0.39 is 12.3 Å². The van der Waals surface area contributed by atoms with Crippen molar-refractivity contribution in [1.82, 2.24) is 0 Å². The average molecular weight is 234 g/mol. The molecule has 1 rings (SSSR count). The van der Waals surface area contributed by atoms with Crippen LogP contribution in [0.15, 0.2) is 42.5 Å². The molecule has 0 aliphatic rings. The first-order valence-electron chi connectivity index (χ1n) is 5.65. The van der Waals surface area contributed by atoms with Crippen LogP contribution in [0.5, 0.6) is 0 Å². The largest absolute Gasteiger partial charge is 0.432 e. The summed E-state index contributed by atoms with van der Waals surface area (Å²) in [5.41, 5.74) is 1.45. The van der Waals surface area contributed by atoms with Gasteiger partial charge < -0.3 is 9.47 Å². The number of ether oxygens (including phenoxy) is 2. The van der Waals surface area contributed by atoms with Crippen LogP contribution in [0.1, 0.15) is 19.4 Å². The normalized spacial score (nSPS) is 11.9. The van der Waals surface area contributed by atoms with E-state index in [1.807, 2.05) is 37.3 Å². The lowest BCUT2D eigenvalue weighted by Gasteiger charge is -2.17. The highest BCUT2D eigenvalue weighted by Crippen LogP contribution is 2.09. The predicted molar refractivity (Wildman–Crippen MR) is 66.5 cm³/mol. The molecule has 1 aromatic rings. The van der Waals surface area contributed by atoms with Crippen LogP contribution in [-0.2, 0) is 20.7 Å². The van der Waals surface area contributed by atoms with Gasteiger partial charge in [-0.3, -0.25) is 0 Å². The van der Waals surface area contributed by atoms with E-state index in [0.29, 0.717) is 18.6 Å². The number of benzene rings is 1. The van der Waals surface area contributed by atoms with E-state index in [1.54, 1.807) is 6.92 Å². The molecule has 0 amide bonds. The van der Waals surface area contributed by atoms with Gasteiger partial charge in [0.05, 0.1) is 0 Å². The van der Waals surface area contributed by atoms with Crippen molar-refractivity contribution in [2.45, 2.75) is 26.6 Å². The fraction of sp³-hybridized carbons (Fsp3) is 0.357. The van der Waals surface area contributed by atoms with Crippen LogP contribution in [0.25, 0.3) is 0 Å². The molecule has 3 nitrogen and oxygen atoms in total. The van der Waals surface area contributed by atoms with E-state index in [4.69, 9.17) is 9.47 Å². The molecular formula is C14H18O3. The summed E-state index contributed by atoms with van der Waals surface area (Å²) >= 11 is 0. The van der Waals surface area contributed by atoms with Gasteiger partial charge in [0.2, 0.25) is 6.29 Å². The summed E-state index contributed by atoms with van der Waals surface area (Å²) in [6.07, 6.45) is -0.000139. The highest BCUT2D eigenvalue weighted by Gasteiger charge is 2.15. The molecule has 0 N–H and O–H groups in total. The third-order valence-electron chi connectivity index (χ3n) is 2.18. The van der Waals surface area contributed by atoms with Crippen molar-refractivity contribution >= 4 is 5.97 Å². The van der Waals surface area contributed by atoms with Gasteiger partial charge >= 0.3 is 5.97 Å². The Morgan fingerprint density at radius 1 is 1.35 bits per heavy atom. The molecule has 0 heterocycles. The number of hydrogen-bond donors (Lipinski definition) is 0. The first-order valence-corrected chi connectivity index (χ1v) is 5.65. The van der Waals surface area contributed by atoms with Crippen LogP contribution < -0.4 is 0 Å². The lowest BCUT2D eigenvalue weighted by molar-refractivity contribution is -0.172. The van der Waals surface area contributed by atoms with Crippen molar-refractivity contribution in [3.05, 3.63) is 48.0 Å². The second-order valence-corrected chi connectivity index (χ2v) is 3.76. The fourth-order valence-corrected chi connectivity index (χ4v) is 1.35. The summed E-state index contributed by atoms with van der Waals surface area (Å²) in [5.74, 6) is -0.417. The van der Waals surface area contributed by atoms with Gasteiger partial charge in [0.1, 0.15) is 0 Å². The van der Waals surface area contributed by atoms with Gasteiger partial charge in [-0.1, -0.05) is 36.9 Å². The number of esters is 1. The van der Waals surface area contributed by atoms with E-state index in [1.165, 1.54) is 0 Å². The van der Waals surface area contributed by atoms with Gasteiger partial charge in [-0.15, -0.1) is 0 Å². The van der Waals surface area contributed by atoms with Gasteiger partial charge in [0, 0.05) is 18.6 Å². The maximum Gasteiger partial charge on any atom is 0.335 e. The molecule has 1 atom stereocenters. The molecule has 1 unspecified atom stereocenters. The Morgan fingerprint density at radius 2 is 2.00 bits per heavy atom. The molecule has 0 bridgehead atoms. The molecule has 0 aliphatic heterocycles. The van der Waals surface area contributed by atoms with Crippen molar-refractivity contribution in [2.24, 2.45) is 0 Å². The van der Waals surface area contributed by atoms with Crippen LogP contribution in [-0.4, -0.2) is 18.9 Å². The standard InChI is InChI=1S/C14H18O3/c1-4-16-13(17-14(15)11(2)3)10-12-8-6-5-7-9-12/h5-9,13H,2,4,10H2,1,3H3. The lowest BCUT2D eigenvalue weighted by Crippen LogP contribution is -2.24. The second-order valence-electron chi connectivity index (χ2n) is 3.76. The van der Waals surface area contributed by atoms with E-state index in [0.717, 1.165) is 5.56 Å². The minimum absolute atomic E-state index is 0.378. The zero-order valence-corrected chi connectivity index (χ0v) is 10.3. The predicted octanol–water partition coefficient (Wildman–Crippen LogP) is 2.71. The first kappa shape index (κ1) is 13.5. The number of carbonyl (C=O) groups is 1. The zero-order chi connectivity index (χ0) is 12.7. The molecule has 0 radical (unpaired) electrons. The monoisotopic (exact) mass is 234 g/mol. The van der Waals surface area contributed by atoms with Gasteiger partial charge in [0.25, 0.3) is 0 Å². The topological polar surface area (TPSA) is 35.5 Å². The average Bonchev–Trinajstić information content (AvgIpc) is 2.30. The van der Waals surface area contributed by atoms with E-state index >= 15 is 0 Å². The maximum atomic E-state index is 11.4. The second kappa shape index (κ2) is 6.86. The van der Waals surface area contributed by atoms with Crippen LogP contribution in [0.2, 0.25) is 0 Å². The summed E-state index contributed by atoms with van der Waals surface area (Å²) in [5, 5.41) is 0. The van der Waals surface area contributed by atoms with Crippen molar-refractivity contribution < 1.29 is 14.3 Å². The number of carbonyl (C=O) groups excluding carboxylic acids is 1. The number of hydrogen-bond acceptors (Lipinski definition) is 3. The van der Waals surface area contributed by atoms with Crippen molar-refractivity contribution in [1.29, 1.82) is 0 Å². The Morgan fingerprint density at radius 3 is 2.53 bits per heavy atom. The molecular weight excluding hydrogens is 216 g/mol. The summed E-state index contributed by atoms with van der Waals surface area (Å²) in [7, 11) is 0. The Bertz CT molecular complexity index is 370. The molecule has 0 spiro atoms. The summed E-state index contributed by atoms with van der Waals surface area (Å²) < 4.78 is 10.6. The summed E-state index contributed by atoms with van der Waals surface area (Å²) in [4.78, 5) is 11.4. The Hall–Kier alpha value is -1.61. The smallest absolute Gasteiger partial charge is 0.335 e. The Labute approximate surface area is 102 Å². The molecule has 0 saturated carbocycles. The quantitative estimate of drug-likeness (QED) is 0.431. The molecule has 0 fully saturated rings. The molecule has 92 valence electrons. The lowest BCUT2D eigenvalue weighted by atomic mass is 10.1. The van der Waals surface area contributed by atoms with Gasteiger partial charge in [-0.05, 0) is 19.4 Å². The minimum Gasteiger partial charge on any atom is -0.432 e. The maximum absolute atomic E-state index is 11.4. The van der Waals surface area contributed by atoms with Crippen LogP contribution in [0, 0.1) is 0 Å². The van der Waals surface area contributed by atoms with Crippen LogP contribution in [0.3, 0.4) is 0 Å². The summed E-state index contributed by atoms with van der Waals surface area (Å²) in [6, 6.07) is 9.78. The van der Waals surface area contributed by atoms with Gasteiger partial charge in [0.15, 0.2) is 0 Å². The molecule has 1 aromatic carbocycles. The van der Waals surface area contributed by atoms with E-state index in [9.17, 15) is 4.79 Å². The first-order chi connectivity index (χ1) is 8.13. The summed E-state index contributed by atoms with van der Waals surface area (Å²) in [6.45, 7) is 7.53. The van der Waals surface area contributed by atoms with Crippen LogP contribution in [0.4, 0.5) is 0 Å². The van der Waals surface area contributed by atoms with Gasteiger partial charge in [-0.2, -0.15) is 0 Å². The van der Waals surface area contributed by atoms with E-state index in [-0.39, 0.29) is 0 Å². The van der Waals surface area contributed by atoms with Gasteiger partial charge in [-0.25, -0.2) is 4.79 Å². The third kappa shape index (κ3) is 4.83. The Kier molecular flexibility index (Phi) is 5.43. The molecule has 3 heteroatoms.